The fraction of sp³-hybridized carbons (Fsp3) is 0.643. The summed E-state index contributed by atoms with van der Waals surface area (Å²) >= 11 is 0. The number of aryl methyl sites for hydroxylation is 1. The van der Waals surface area contributed by atoms with Crippen LogP contribution in [0, 0.1) is 0 Å². The molecule has 0 aliphatic carbocycles. The van der Waals surface area contributed by atoms with E-state index in [1.54, 1.807) is 0 Å². The monoisotopic (exact) mass is 251 g/mol. The van der Waals surface area contributed by atoms with E-state index < -0.39 is 0 Å². The SMILES string of the molecule is CCc1cc(CN)cc(N(C)CCOC(C)C)n1. The summed E-state index contributed by atoms with van der Waals surface area (Å²) in [5.74, 6) is 0.974. The van der Waals surface area contributed by atoms with Gasteiger partial charge in [-0.15, -0.1) is 0 Å². The molecule has 1 heterocycles. The van der Waals surface area contributed by atoms with Crippen LogP contribution >= 0.6 is 0 Å². The zero-order valence-electron chi connectivity index (χ0n) is 11.9. The minimum atomic E-state index is 0.271. The number of hydrogen-bond acceptors (Lipinski definition) is 4. The third kappa shape index (κ3) is 4.63. The molecule has 0 aromatic carbocycles. The van der Waals surface area contributed by atoms with Crippen LogP contribution in [-0.2, 0) is 17.7 Å². The molecule has 0 bridgehead atoms. The van der Waals surface area contributed by atoms with Gasteiger partial charge in [0.2, 0.25) is 0 Å². The highest BCUT2D eigenvalue weighted by Gasteiger charge is 2.06. The summed E-state index contributed by atoms with van der Waals surface area (Å²) in [7, 11) is 2.03. The van der Waals surface area contributed by atoms with Gasteiger partial charge in [-0.3, -0.25) is 0 Å². The molecule has 0 amide bonds. The molecule has 1 aromatic rings. The van der Waals surface area contributed by atoms with Gasteiger partial charge < -0.3 is 15.4 Å². The molecule has 1 aromatic heterocycles. The van der Waals surface area contributed by atoms with Gasteiger partial charge in [0.05, 0.1) is 12.7 Å². The lowest BCUT2D eigenvalue weighted by atomic mass is 10.2. The van der Waals surface area contributed by atoms with Gasteiger partial charge in [-0.25, -0.2) is 4.98 Å². The van der Waals surface area contributed by atoms with Crippen LogP contribution in [0.5, 0.6) is 0 Å². The van der Waals surface area contributed by atoms with Crippen molar-refractivity contribution in [2.45, 2.75) is 39.8 Å². The number of nitrogens with two attached hydrogens (primary N) is 1. The third-order valence-electron chi connectivity index (χ3n) is 2.79. The molecule has 0 aliphatic rings. The van der Waals surface area contributed by atoms with Crippen LogP contribution in [0.3, 0.4) is 0 Å². The predicted molar refractivity (Wildman–Crippen MR) is 75.9 cm³/mol. The summed E-state index contributed by atoms with van der Waals surface area (Å²) < 4.78 is 5.55. The lowest BCUT2D eigenvalue weighted by molar-refractivity contribution is 0.0845. The molecule has 0 saturated heterocycles. The van der Waals surface area contributed by atoms with Gasteiger partial charge >= 0.3 is 0 Å². The predicted octanol–water partition coefficient (Wildman–Crippen LogP) is 1.96. The molecule has 0 saturated carbocycles. The van der Waals surface area contributed by atoms with Crippen molar-refractivity contribution in [3.05, 3.63) is 23.4 Å². The van der Waals surface area contributed by atoms with Crippen LogP contribution in [0.25, 0.3) is 0 Å². The van der Waals surface area contributed by atoms with Crippen molar-refractivity contribution in [1.29, 1.82) is 0 Å². The van der Waals surface area contributed by atoms with Gasteiger partial charge in [-0.2, -0.15) is 0 Å². The summed E-state index contributed by atoms with van der Waals surface area (Å²) in [6, 6.07) is 4.12. The zero-order valence-corrected chi connectivity index (χ0v) is 11.9. The molecule has 2 N–H and O–H groups in total. The zero-order chi connectivity index (χ0) is 13.5. The summed E-state index contributed by atoms with van der Waals surface area (Å²) in [5, 5.41) is 0. The van der Waals surface area contributed by atoms with E-state index in [2.05, 4.69) is 28.9 Å². The minimum Gasteiger partial charge on any atom is -0.377 e. The fourth-order valence-corrected chi connectivity index (χ4v) is 1.67. The second-order valence-electron chi connectivity index (χ2n) is 4.72. The average Bonchev–Trinajstić information content (AvgIpc) is 2.37. The lowest BCUT2D eigenvalue weighted by Gasteiger charge is -2.20. The standard InChI is InChI=1S/C14H25N3O/c1-5-13-8-12(10-15)9-14(16-13)17(4)6-7-18-11(2)3/h8-9,11H,5-7,10,15H2,1-4H3. The number of nitrogens with zero attached hydrogens (tertiary/aromatic N) is 2. The molecule has 0 spiro atoms. The molecular formula is C14H25N3O. The van der Waals surface area contributed by atoms with Crippen LogP contribution in [0.15, 0.2) is 12.1 Å². The van der Waals surface area contributed by atoms with E-state index in [1.807, 2.05) is 20.9 Å². The Kier molecular flexibility index (Phi) is 6.09. The van der Waals surface area contributed by atoms with Crippen LogP contribution in [0.2, 0.25) is 0 Å². The van der Waals surface area contributed by atoms with Crippen molar-refractivity contribution in [2.75, 3.05) is 25.1 Å². The number of aromatic nitrogens is 1. The molecule has 0 radical (unpaired) electrons. The Morgan fingerprint density at radius 2 is 2.11 bits per heavy atom. The number of rotatable bonds is 7. The molecule has 4 heteroatoms. The first-order valence-electron chi connectivity index (χ1n) is 6.59. The smallest absolute Gasteiger partial charge is 0.128 e. The molecule has 4 nitrogen and oxygen atoms in total. The van der Waals surface area contributed by atoms with Gasteiger partial charge in [-0.1, -0.05) is 6.92 Å². The van der Waals surface area contributed by atoms with Gasteiger partial charge in [0, 0.05) is 25.8 Å². The van der Waals surface area contributed by atoms with E-state index in [4.69, 9.17) is 10.5 Å². The van der Waals surface area contributed by atoms with Crippen molar-refractivity contribution in [1.82, 2.24) is 4.98 Å². The third-order valence-corrected chi connectivity index (χ3v) is 2.79. The van der Waals surface area contributed by atoms with Crippen molar-refractivity contribution >= 4 is 5.82 Å². The van der Waals surface area contributed by atoms with Gasteiger partial charge in [0.25, 0.3) is 0 Å². The molecule has 0 atom stereocenters. The topological polar surface area (TPSA) is 51.4 Å². The largest absolute Gasteiger partial charge is 0.377 e. The fourth-order valence-electron chi connectivity index (χ4n) is 1.67. The van der Waals surface area contributed by atoms with Crippen molar-refractivity contribution in [3.63, 3.8) is 0 Å². The highest BCUT2D eigenvalue weighted by Crippen LogP contribution is 2.14. The van der Waals surface area contributed by atoms with E-state index in [1.165, 1.54) is 0 Å². The van der Waals surface area contributed by atoms with Crippen molar-refractivity contribution in [2.24, 2.45) is 5.73 Å². The minimum absolute atomic E-state index is 0.271. The second kappa shape index (κ2) is 7.34. The van der Waals surface area contributed by atoms with Crippen LogP contribution in [0.4, 0.5) is 5.82 Å². The number of pyridine rings is 1. The molecule has 1 rings (SSSR count). The maximum atomic E-state index is 5.71. The molecule has 0 fully saturated rings. The Morgan fingerprint density at radius 1 is 1.39 bits per heavy atom. The van der Waals surface area contributed by atoms with Crippen molar-refractivity contribution in [3.8, 4) is 0 Å². The molecule has 18 heavy (non-hydrogen) atoms. The Balaban J connectivity index is 2.68. The number of anilines is 1. The molecule has 0 aliphatic heterocycles. The second-order valence-corrected chi connectivity index (χ2v) is 4.72. The summed E-state index contributed by atoms with van der Waals surface area (Å²) in [4.78, 5) is 6.72. The normalized spacial score (nSPS) is 11.0. The summed E-state index contributed by atoms with van der Waals surface area (Å²) in [6.45, 7) is 8.30. The summed E-state index contributed by atoms with van der Waals surface area (Å²) in [5.41, 5.74) is 7.93. The first kappa shape index (κ1) is 14.9. The number of hydrogen-bond donors (Lipinski definition) is 1. The first-order chi connectivity index (χ1) is 8.56. The Morgan fingerprint density at radius 3 is 2.67 bits per heavy atom. The van der Waals surface area contributed by atoms with E-state index >= 15 is 0 Å². The summed E-state index contributed by atoms with van der Waals surface area (Å²) in [6.07, 6.45) is 1.20. The first-order valence-corrected chi connectivity index (χ1v) is 6.59. The lowest BCUT2D eigenvalue weighted by Crippen LogP contribution is -2.25. The van der Waals surface area contributed by atoms with Crippen LogP contribution in [0.1, 0.15) is 32.0 Å². The van der Waals surface area contributed by atoms with Gasteiger partial charge in [0.1, 0.15) is 5.82 Å². The Bertz CT molecular complexity index is 344. The molecule has 102 valence electrons. The van der Waals surface area contributed by atoms with E-state index in [-0.39, 0.29) is 6.10 Å². The maximum absolute atomic E-state index is 5.71. The number of likely N-dealkylation sites (N-methyl/N-ethyl adjacent to an activating group) is 1. The van der Waals surface area contributed by atoms with Gasteiger partial charge in [-0.05, 0) is 38.0 Å². The van der Waals surface area contributed by atoms with Gasteiger partial charge in [0.15, 0.2) is 0 Å². The van der Waals surface area contributed by atoms with Crippen LogP contribution < -0.4 is 10.6 Å². The molecule has 0 unspecified atom stereocenters. The average molecular weight is 251 g/mol. The van der Waals surface area contributed by atoms with Crippen LogP contribution in [-0.4, -0.2) is 31.3 Å². The highest BCUT2D eigenvalue weighted by molar-refractivity contribution is 5.42. The highest BCUT2D eigenvalue weighted by atomic mass is 16.5. The molecular weight excluding hydrogens is 226 g/mol. The Hall–Kier alpha value is -1.13. The van der Waals surface area contributed by atoms with E-state index in [9.17, 15) is 0 Å². The number of ether oxygens (including phenoxy) is 1. The van der Waals surface area contributed by atoms with Crippen molar-refractivity contribution < 1.29 is 4.74 Å². The maximum Gasteiger partial charge on any atom is 0.128 e. The van der Waals surface area contributed by atoms with E-state index in [0.717, 1.165) is 30.0 Å². The van der Waals surface area contributed by atoms with E-state index in [0.29, 0.717) is 13.2 Å². The Labute approximate surface area is 110 Å². The quantitative estimate of drug-likeness (QED) is 0.805.